The minimum absolute atomic E-state index is 0.121. The van der Waals surface area contributed by atoms with Crippen LogP contribution in [0.5, 0.6) is 5.75 Å². The lowest BCUT2D eigenvalue weighted by Gasteiger charge is -2.17. The van der Waals surface area contributed by atoms with Gasteiger partial charge in [-0.2, -0.15) is 0 Å². The molecule has 1 fully saturated rings. The first-order chi connectivity index (χ1) is 9.52. The number of halogens is 1. The smallest absolute Gasteiger partial charge is 0.154 e. The number of hydrogen-bond donors (Lipinski definition) is 1. The van der Waals surface area contributed by atoms with Gasteiger partial charge >= 0.3 is 0 Å². The molecule has 1 aromatic carbocycles. The molecule has 0 spiro atoms. The van der Waals surface area contributed by atoms with Crippen LogP contribution in [0.1, 0.15) is 25.3 Å². The minimum atomic E-state index is -2.92. The van der Waals surface area contributed by atoms with Crippen LogP contribution in [0.3, 0.4) is 0 Å². The van der Waals surface area contributed by atoms with Crippen LogP contribution in [0.2, 0.25) is 0 Å². The highest BCUT2D eigenvalue weighted by molar-refractivity contribution is 9.10. The van der Waals surface area contributed by atoms with E-state index in [4.69, 9.17) is 4.74 Å². The maximum absolute atomic E-state index is 11.5. The summed E-state index contributed by atoms with van der Waals surface area (Å²) in [4.78, 5) is 0. The van der Waals surface area contributed by atoms with Gasteiger partial charge in [0.25, 0.3) is 0 Å². The molecular formula is C14H20BrNO3S. The number of benzene rings is 1. The van der Waals surface area contributed by atoms with Gasteiger partial charge in [-0.1, -0.05) is 19.1 Å². The molecule has 0 aromatic heterocycles. The standard InChI is InChI=1S/C14H20BrNO3S/c1-2-7-16-9-11-4-3-5-13(15)14(11)19-12-6-8-20(17,18)10-12/h3-5,12,16H,2,6-10H2,1H3. The first kappa shape index (κ1) is 15.8. The van der Waals surface area contributed by atoms with Gasteiger partial charge in [-0.05, 0) is 41.4 Å². The fourth-order valence-corrected chi connectivity index (χ4v) is 4.34. The van der Waals surface area contributed by atoms with E-state index in [1.54, 1.807) is 0 Å². The summed E-state index contributed by atoms with van der Waals surface area (Å²) in [5.41, 5.74) is 1.05. The molecule has 6 heteroatoms. The van der Waals surface area contributed by atoms with Gasteiger partial charge < -0.3 is 10.1 Å². The van der Waals surface area contributed by atoms with Crippen molar-refractivity contribution in [3.63, 3.8) is 0 Å². The summed E-state index contributed by atoms with van der Waals surface area (Å²) in [6.45, 7) is 3.79. The molecule has 112 valence electrons. The average Bonchev–Trinajstić information content (AvgIpc) is 2.73. The van der Waals surface area contributed by atoms with Crippen LogP contribution in [0.4, 0.5) is 0 Å². The van der Waals surface area contributed by atoms with Gasteiger partial charge in [0.2, 0.25) is 0 Å². The van der Waals surface area contributed by atoms with E-state index in [0.29, 0.717) is 6.42 Å². The molecule has 1 aliphatic rings. The summed E-state index contributed by atoms with van der Waals surface area (Å²) in [6, 6.07) is 5.89. The van der Waals surface area contributed by atoms with Crippen LogP contribution in [0, 0.1) is 0 Å². The number of sulfone groups is 1. The van der Waals surface area contributed by atoms with E-state index in [0.717, 1.165) is 35.3 Å². The van der Waals surface area contributed by atoms with Crippen LogP contribution < -0.4 is 10.1 Å². The molecule has 1 unspecified atom stereocenters. The molecule has 0 radical (unpaired) electrons. The largest absolute Gasteiger partial charge is 0.488 e. The molecule has 1 aliphatic heterocycles. The molecule has 0 amide bonds. The fraction of sp³-hybridized carbons (Fsp3) is 0.571. The van der Waals surface area contributed by atoms with Crippen molar-refractivity contribution in [2.45, 2.75) is 32.4 Å². The molecule has 1 atom stereocenters. The molecule has 1 heterocycles. The van der Waals surface area contributed by atoms with Crippen molar-refractivity contribution in [2.24, 2.45) is 0 Å². The normalized spacial score (nSPS) is 21.0. The number of nitrogens with one attached hydrogen (secondary N) is 1. The van der Waals surface area contributed by atoms with Crippen LogP contribution >= 0.6 is 15.9 Å². The van der Waals surface area contributed by atoms with E-state index >= 15 is 0 Å². The molecule has 4 nitrogen and oxygen atoms in total. The molecule has 20 heavy (non-hydrogen) atoms. The van der Waals surface area contributed by atoms with E-state index < -0.39 is 9.84 Å². The van der Waals surface area contributed by atoms with Crippen LogP contribution in [-0.4, -0.2) is 32.6 Å². The van der Waals surface area contributed by atoms with Gasteiger partial charge in [0.15, 0.2) is 9.84 Å². The molecule has 1 saturated heterocycles. The average molecular weight is 362 g/mol. The zero-order valence-electron chi connectivity index (χ0n) is 11.6. The Balaban J connectivity index is 2.09. The van der Waals surface area contributed by atoms with Crippen molar-refractivity contribution in [1.82, 2.24) is 5.32 Å². The van der Waals surface area contributed by atoms with Crippen LogP contribution in [-0.2, 0) is 16.4 Å². The second-order valence-corrected chi connectivity index (χ2v) is 8.13. The van der Waals surface area contributed by atoms with E-state index in [1.807, 2.05) is 18.2 Å². The summed E-state index contributed by atoms with van der Waals surface area (Å²) < 4.78 is 29.8. The Labute approximate surface area is 129 Å². The Bertz CT molecular complexity index is 560. The molecule has 0 saturated carbocycles. The monoisotopic (exact) mass is 361 g/mol. The zero-order valence-corrected chi connectivity index (χ0v) is 14.0. The molecule has 1 aromatic rings. The van der Waals surface area contributed by atoms with E-state index in [2.05, 4.69) is 28.2 Å². The molecular weight excluding hydrogens is 342 g/mol. The van der Waals surface area contributed by atoms with Crippen molar-refractivity contribution in [3.8, 4) is 5.75 Å². The maximum atomic E-state index is 11.5. The second kappa shape index (κ2) is 6.91. The van der Waals surface area contributed by atoms with Crippen LogP contribution in [0.15, 0.2) is 22.7 Å². The summed E-state index contributed by atoms with van der Waals surface area (Å²) in [6.07, 6.45) is 1.42. The minimum Gasteiger partial charge on any atom is -0.488 e. The third-order valence-corrected chi connectivity index (χ3v) is 5.63. The first-order valence-electron chi connectivity index (χ1n) is 6.87. The number of ether oxygens (including phenoxy) is 1. The van der Waals surface area contributed by atoms with E-state index in [-0.39, 0.29) is 17.6 Å². The fourth-order valence-electron chi connectivity index (χ4n) is 2.25. The zero-order chi connectivity index (χ0) is 14.6. The van der Waals surface area contributed by atoms with E-state index in [9.17, 15) is 8.42 Å². The molecule has 0 bridgehead atoms. The third-order valence-electron chi connectivity index (χ3n) is 3.27. The van der Waals surface area contributed by atoms with Gasteiger partial charge in [0.1, 0.15) is 11.9 Å². The Morgan fingerprint density at radius 3 is 2.90 bits per heavy atom. The van der Waals surface area contributed by atoms with Crippen molar-refractivity contribution in [1.29, 1.82) is 0 Å². The molecule has 0 aliphatic carbocycles. The van der Waals surface area contributed by atoms with Gasteiger partial charge in [0, 0.05) is 12.1 Å². The van der Waals surface area contributed by atoms with Crippen LogP contribution in [0.25, 0.3) is 0 Å². The van der Waals surface area contributed by atoms with Gasteiger partial charge in [-0.15, -0.1) is 0 Å². The van der Waals surface area contributed by atoms with Gasteiger partial charge in [-0.25, -0.2) is 8.42 Å². The predicted molar refractivity (Wildman–Crippen MR) is 83.8 cm³/mol. The summed E-state index contributed by atoms with van der Waals surface area (Å²) in [5, 5.41) is 3.34. The maximum Gasteiger partial charge on any atom is 0.154 e. The predicted octanol–water partition coefficient (Wildman–Crippen LogP) is 2.51. The number of rotatable bonds is 6. The Hall–Kier alpha value is -0.590. The third kappa shape index (κ3) is 4.20. The Morgan fingerprint density at radius 1 is 1.45 bits per heavy atom. The van der Waals surface area contributed by atoms with Gasteiger partial charge in [-0.3, -0.25) is 0 Å². The van der Waals surface area contributed by atoms with Crippen molar-refractivity contribution in [2.75, 3.05) is 18.1 Å². The topological polar surface area (TPSA) is 55.4 Å². The van der Waals surface area contributed by atoms with E-state index in [1.165, 1.54) is 0 Å². The lowest BCUT2D eigenvalue weighted by atomic mass is 10.2. The molecule has 2 rings (SSSR count). The lowest BCUT2D eigenvalue weighted by Crippen LogP contribution is -2.20. The van der Waals surface area contributed by atoms with Crippen molar-refractivity contribution < 1.29 is 13.2 Å². The highest BCUT2D eigenvalue weighted by Gasteiger charge is 2.30. The van der Waals surface area contributed by atoms with Crippen molar-refractivity contribution >= 4 is 25.8 Å². The molecule has 1 N–H and O–H groups in total. The number of para-hydroxylation sites is 1. The lowest BCUT2D eigenvalue weighted by molar-refractivity contribution is 0.224. The Morgan fingerprint density at radius 2 is 2.25 bits per heavy atom. The summed E-state index contributed by atoms with van der Waals surface area (Å²) in [5.74, 6) is 1.11. The van der Waals surface area contributed by atoms with Crippen molar-refractivity contribution in [3.05, 3.63) is 28.2 Å². The number of hydrogen-bond acceptors (Lipinski definition) is 4. The quantitative estimate of drug-likeness (QED) is 0.791. The van der Waals surface area contributed by atoms with Gasteiger partial charge in [0.05, 0.1) is 16.0 Å². The summed E-state index contributed by atoms with van der Waals surface area (Å²) in [7, 11) is -2.92. The highest BCUT2D eigenvalue weighted by atomic mass is 79.9. The Kier molecular flexibility index (Phi) is 5.46. The second-order valence-electron chi connectivity index (χ2n) is 5.05. The first-order valence-corrected chi connectivity index (χ1v) is 9.48. The summed E-state index contributed by atoms with van der Waals surface area (Å²) >= 11 is 3.49. The SMILES string of the molecule is CCCNCc1cccc(Br)c1OC1CCS(=O)(=O)C1. The highest BCUT2D eigenvalue weighted by Crippen LogP contribution is 2.31.